The number of hydrogen-bond acceptors (Lipinski definition) is 1. The first kappa shape index (κ1) is 11.1. The zero-order valence-electron chi connectivity index (χ0n) is 7.42. The maximum Gasteiger partial charge on any atom is 0.328 e. The number of aliphatic carboxylic acids is 1. The van der Waals surface area contributed by atoms with Gasteiger partial charge < -0.3 is 5.11 Å². The van der Waals surface area contributed by atoms with Crippen molar-refractivity contribution in [3.05, 3.63) is 39.4 Å². The number of carboxylic acid groups (broad SMARTS) is 1. The number of hydrogen-bond donors (Lipinski definition) is 1. The van der Waals surface area contributed by atoms with Gasteiger partial charge in [0.05, 0.1) is 10.0 Å². The van der Waals surface area contributed by atoms with E-state index in [0.717, 1.165) is 11.6 Å². The summed E-state index contributed by atoms with van der Waals surface area (Å²) in [5, 5.41) is 9.26. The molecular formula is C10H8Cl2O2. The topological polar surface area (TPSA) is 37.3 Å². The van der Waals surface area contributed by atoms with Gasteiger partial charge in [0.2, 0.25) is 0 Å². The van der Waals surface area contributed by atoms with Crippen LogP contribution in [-0.4, -0.2) is 11.1 Å². The Bertz CT molecular complexity index is 397. The minimum Gasteiger partial charge on any atom is -0.478 e. The number of halogens is 2. The van der Waals surface area contributed by atoms with Crippen molar-refractivity contribution in [3.63, 3.8) is 0 Å². The summed E-state index contributed by atoms with van der Waals surface area (Å²) in [7, 11) is 0. The van der Waals surface area contributed by atoms with Crippen LogP contribution in [0.1, 0.15) is 11.1 Å². The molecule has 1 N–H and O–H groups in total. The maximum absolute atomic E-state index is 10.3. The number of carbonyl (C=O) groups is 1. The third-order valence-corrected chi connectivity index (χ3v) is 2.56. The summed E-state index contributed by atoms with van der Waals surface area (Å²) >= 11 is 11.7. The summed E-state index contributed by atoms with van der Waals surface area (Å²) in [4.78, 5) is 10.3. The lowest BCUT2D eigenvalue weighted by Gasteiger charge is -2.04. The third kappa shape index (κ3) is 2.50. The highest BCUT2D eigenvalue weighted by molar-refractivity contribution is 6.43. The monoisotopic (exact) mass is 230 g/mol. The number of aryl methyl sites for hydroxylation is 1. The van der Waals surface area contributed by atoms with E-state index in [-0.39, 0.29) is 0 Å². The van der Waals surface area contributed by atoms with Crippen LogP contribution in [0, 0.1) is 6.92 Å². The first-order valence-electron chi connectivity index (χ1n) is 3.88. The van der Waals surface area contributed by atoms with Gasteiger partial charge in [0.25, 0.3) is 0 Å². The summed E-state index contributed by atoms with van der Waals surface area (Å²) in [6.07, 6.45) is 2.47. The lowest BCUT2D eigenvalue weighted by molar-refractivity contribution is -0.131. The van der Waals surface area contributed by atoms with E-state index in [0.29, 0.717) is 15.6 Å². The first-order chi connectivity index (χ1) is 6.52. The lowest BCUT2D eigenvalue weighted by atomic mass is 10.1. The largest absolute Gasteiger partial charge is 0.478 e. The molecule has 0 saturated carbocycles. The molecule has 0 heterocycles. The van der Waals surface area contributed by atoms with Crippen molar-refractivity contribution in [1.82, 2.24) is 0 Å². The molecule has 2 nitrogen and oxygen atoms in total. The van der Waals surface area contributed by atoms with E-state index in [1.165, 1.54) is 6.08 Å². The highest BCUT2D eigenvalue weighted by Gasteiger charge is 2.05. The minimum atomic E-state index is -1.01. The fourth-order valence-electron chi connectivity index (χ4n) is 1.02. The Labute approximate surface area is 91.8 Å². The molecule has 0 atom stereocenters. The Morgan fingerprint density at radius 1 is 1.43 bits per heavy atom. The molecule has 0 aliphatic carbocycles. The summed E-state index contributed by atoms with van der Waals surface area (Å²) in [6, 6.07) is 3.47. The molecule has 1 aromatic carbocycles. The van der Waals surface area contributed by atoms with Crippen LogP contribution in [0.3, 0.4) is 0 Å². The molecule has 0 bridgehead atoms. The van der Waals surface area contributed by atoms with Gasteiger partial charge in [-0.05, 0) is 30.2 Å². The average Bonchev–Trinajstić information content (AvgIpc) is 2.11. The number of benzene rings is 1. The zero-order chi connectivity index (χ0) is 10.7. The van der Waals surface area contributed by atoms with Crippen molar-refractivity contribution in [2.24, 2.45) is 0 Å². The molecule has 0 amide bonds. The number of carboxylic acids is 1. The highest BCUT2D eigenvalue weighted by atomic mass is 35.5. The van der Waals surface area contributed by atoms with Crippen molar-refractivity contribution in [1.29, 1.82) is 0 Å². The Balaban J connectivity index is 3.19. The van der Waals surface area contributed by atoms with Gasteiger partial charge >= 0.3 is 5.97 Å². The SMILES string of the molecule is Cc1ccc(Cl)c(Cl)c1/C=C/C(=O)O. The third-order valence-electron chi connectivity index (χ3n) is 1.74. The molecule has 0 spiro atoms. The van der Waals surface area contributed by atoms with Crippen molar-refractivity contribution < 1.29 is 9.90 Å². The summed E-state index contributed by atoms with van der Waals surface area (Å²) in [5.74, 6) is -1.01. The molecule has 0 aliphatic rings. The van der Waals surface area contributed by atoms with Crippen molar-refractivity contribution in [2.75, 3.05) is 0 Å². The second-order valence-corrected chi connectivity index (χ2v) is 3.55. The van der Waals surface area contributed by atoms with Crippen LogP contribution in [0.2, 0.25) is 10.0 Å². The Hall–Kier alpha value is -0.990. The van der Waals surface area contributed by atoms with Gasteiger partial charge in [-0.25, -0.2) is 4.79 Å². The zero-order valence-corrected chi connectivity index (χ0v) is 8.93. The summed E-state index contributed by atoms with van der Waals surface area (Å²) in [5.41, 5.74) is 1.53. The predicted molar refractivity (Wildman–Crippen MR) is 57.9 cm³/mol. The molecule has 0 radical (unpaired) electrons. The fraction of sp³-hybridized carbons (Fsp3) is 0.100. The van der Waals surface area contributed by atoms with Gasteiger partial charge in [-0.15, -0.1) is 0 Å². The van der Waals surface area contributed by atoms with Gasteiger partial charge in [0.1, 0.15) is 0 Å². The molecule has 0 fully saturated rings. The predicted octanol–water partition coefficient (Wildman–Crippen LogP) is 3.40. The first-order valence-corrected chi connectivity index (χ1v) is 4.63. The number of rotatable bonds is 2. The second kappa shape index (κ2) is 4.49. The quantitative estimate of drug-likeness (QED) is 0.792. The molecular weight excluding hydrogens is 223 g/mol. The Morgan fingerprint density at radius 2 is 2.07 bits per heavy atom. The highest BCUT2D eigenvalue weighted by Crippen LogP contribution is 2.29. The summed E-state index contributed by atoms with van der Waals surface area (Å²) in [6.45, 7) is 1.84. The van der Waals surface area contributed by atoms with Crippen molar-refractivity contribution in [3.8, 4) is 0 Å². The lowest BCUT2D eigenvalue weighted by Crippen LogP contribution is -1.88. The summed E-state index contributed by atoms with van der Waals surface area (Å²) < 4.78 is 0. The van der Waals surface area contributed by atoms with E-state index >= 15 is 0 Å². The normalized spacial score (nSPS) is 10.8. The smallest absolute Gasteiger partial charge is 0.328 e. The Morgan fingerprint density at radius 3 is 2.64 bits per heavy atom. The molecule has 74 valence electrons. The van der Waals surface area contributed by atoms with Crippen LogP contribution in [0.4, 0.5) is 0 Å². The van der Waals surface area contributed by atoms with Crippen LogP contribution < -0.4 is 0 Å². The molecule has 14 heavy (non-hydrogen) atoms. The van der Waals surface area contributed by atoms with Crippen LogP contribution >= 0.6 is 23.2 Å². The Kier molecular flexibility index (Phi) is 3.55. The molecule has 1 aromatic rings. The van der Waals surface area contributed by atoms with Gasteiger partial charge in [-0.3, -0.25) is 0 Å². The molecule has 1 rings (SSSR count). The van der Waals surface area contributed by atoms with Gasteiger partial charge in [-0.1, -0.05) is 29.3 Å². The molecule has 0 unspecified atom stereocenters. The standard InChI is InChI=1S/C10H8Cl2O2/c1-6-2-4-8(11)10(12)7(6)3-5-9(13)14/h2-5H,1H3,(H,13,14)/b5-3+. The maximum atomic E-state index is 10.3. The van der Waals surface area contributed by atoms with E-state index < -0.39 is 5.97 Å². The van der Waals surface area contributed by atoms with Crippen LogP contribution in [0.15, 0.2) is 18.2 Å². The van der Waals surface area contributed by atoms with Gasteiger partial charge in [0.15, 0.2) is 0 Å². The molecule has 0 aliphatic heterocycles. The van der Waals surface area contributed by atoms with Gasteiger partial charge in [-0.2, -0.15) is 0 Å². The van der Waals surface area contributed by atoms with Crippen LogP contribution in [0.5, 0.6) is 0 Å². The molecule has 4 heteroatoms. The molecule has 0 saturated heterocycles. The van der Waals surface area contributed by atoms with Crippen LogP contribution in [-0.2, 0) is 4.79 Å². The van der Waals surface area contributed by atoms with E-state index in [1.54, 1.807) is 12.1 Å². The van der Waals surface area contributed by atoms with Crippen molar-refractivity contribution in [2.45, 2.75) is 6.92 Å². The van der Waals surface area contributed by atoms with E-state index in [4.69, 9.17) is 28.3 Å². The second-order valence-electron chi connectivity index (χ2n) is 2.76. The van der Waals surface area contributed by atoms with Gasteiger partial charge in [0, 0.05) is 6.08 Å². The van der Waals surface area contributed by atoms with Crippen molar-refractivity contribution >= 4 is 35.2 Å². The van der Waals surface area contributed by atoms with E-state index in [9.17, 15) is 4.79 Å². The average molecular weight is 231 g/mol. The molecule has 0 aromatic heterocycles. The van der Waals surface area contributed by atoms with E-state index in [1.807, 2.05) is 6.92 Å². The van der Waals surface area contributed by atoms with Crippen LogP contribution in [0.25, 0.3) is 6.08 Å². The van der Waals surface area contributed by atoms with E-state index in [2.05, 4.69) is 0 Å². The minimum absolute atomic E-state index is 0.379. The fourth-order valence-corrected chi connectivity index (χ4v) is 1.46.